The molecular formula is C16H18N4O2. The van der Waals surface area contributed by atoms with E-state index in [4.69, 9.17) is 4.74 Å². The maximum atomic E-state index is 12.9. The molecule has 1 aliphatic heterocycles. The summed E-state index contributed by atoms with van der Waals surface area (Å²) in [6, 6.07) is 1.97. The van der Waals surface area contributed by atoms with Crippen LogP contribution in [0.25, 0.3) is 0 Å². The van der Waals surface area contributed by atoms with E-state index >= 15 is 0 Å². The van der Waals surface area contributed by atoms with E-state index in [2.05, 4.69) is 14.5 Å². The molecular weight excluding hydrogens is 280 g/mol. The average molecular weight is 298 g/mol. The van der Waals surface area contributed by atoms with Crippen molar-refractivity contribution in [2.75, 3.05) is 13.7 Å². The first-order chi connectivity index (χ1) is 10.8. The van der Waals surface area contributed by atoms with Gasteiger partial charge in [0.05, 0.1) is 25.7 Å². The normalized spacial score (nSPS) is 16.3. The zero-order valence-electron chi connectivity index (χ0n) is 12.6. The number of imidazole rings is 1. The maximum Gasteiger partial charge on any atom is 0.259 e. The van der Waals surface area contributed by atoms with Crippen LogP contribution >= 0.6 is 0 Å². The summed E-state index contributed by atoms with van der Waals surface area (Å²) in [4.78, 5) is 23.4. The predicted molar refractivity (Wildman–Crippen MR) is 79.8 cm³/mol. The summed E-state index contributed by atoms with van der Waals surface area (Å²) < 4.78 is 7.45. The summed E-state index contributed by atoms with van der Waals surface area (Å²) >= 11 is 0. The predicted octanol–water partition coefficient (Wildman–Crippen LogP) is 1.43. The number of pyridine rings is 1. The summed E-state index contributed by atoms with van der Waals surface area (Å²) in [5, 5.41) is 0. The van der Waals surface area contributed by atoms with Crippen LogP contribution in [0.1, 0.15) is 33.7 Å². The van der Waals surface area contributed by atoms with Gasteiger partial charge in [0.15, 0.2) is 0 Å². The van der Waals surface area contributed by atoms with E-state index in [9.17, 15) is 4.79 Å². The Kier molecular flexibility index (Phi) is 3.10. The highest BCUT2D eigenvalue weighted by atomic mass is 16.5. The van der Waals surface area contributed by atoms with Gasteiger partial charge in [0, 0.05) is 25.0 Å². The van der Waals surface area contributed by atoms with Gasteiger partial charge < -0.3 is 14.2 Å². The van der Waals surface area contributed by atoms with Crippen molar-refractivity contribution in [3.05, 3.63) is 41.1 Å². The minimum Gasteiger partial charge on any atom is -0.480 e. The lowest BCUT2D eigenvalue weighted by atomic mass is 10.1. The molecule has 22 heavy (non-hydrogen) atoms. The van der Waals surface area contributed by atoms with Gasteiger partial charge in [0.25, 0.3) is 5.91 Å². The fraction of sp³-hybridized carbons (Fsp3) is 0.438. The van der Waals surface area contributed by atoms with Crippen molar-refractivity contribution >= 4 is 5.91 Å². The molecule has 0 bridgehead atoms. The molecule has 0 spiro atoms. The molecule has 6 heteroatoms. The first-order valence-electron chi connectivity index (χ1n) is 7.61. The van der Waals surface area contributed by atoms with Crippen molar-refractivity contribution in [2.45, 2.75) is 32.4 Å². The Bertz CT molecular complexity index is 738. The quantitative estimate of drug-likeness (QED) is 0.841. The molecule has 0 N–H and O–H groups in total. The minimum atomic E-state index is -0.00787. The highest BCUT2D eigenvalue weighted by Crippen LogP contribution is 2.28. The molecule has 0 saturated carbocycles. The minimum absolute atomic E-state index is 0.00787. The molecule has 3 heterocycles. The lowest BCUT2D eigenvalue weighted by Gasteiger charge is -2.28. The van der Waals surface area contributed by atoms with Gasteiger partial charge in [0.2, 0.25) is 5.88 Å². The second-order valence-electron chi connectivity index (χ2n) is 5.81. The molecule has 0 saturated heterocycles. The van der Waals surface area contributed by atoms with Crippen LogP contribution in [0.4, 0.5) is 0 Å². The third-order valence-electron chi connectivity index (χ3n) is 4.49. The molecule has 1 aliphatic carbocycles. The Labute approximate surface area is 128 Å². The lowest BCUT2D eigenvalue weighted by Crippen LogP contribution is -2.38. The van der Waals surface area contributed by atoms with Crippen LogP contribution in [0.2, 0.25) is 0 Å². The molecule has 0 atom stereocenters. The smallest absolute Gasteiger partial charge is 0.259 e. The average Bonchev–Trinajstić information content (AvgIpc) is 3.20. The number of rotatable bonds is 2. The molecule has 2 aromatic heterocycles. The topological polar surface area (TPSA) is 60.2 Å². The van der Waals surface area contributed by atoms with E-state index in [0.717, 1.165) is 37.2 Å². The van der Waals surface area contributed by atoms with E-state index < -0.39 is 0 Å². The van der Waals surface area contributed by atoms with Gasteiger partial charge in [-0.05, 0) is 30.9 Å². The first-order valence-corrected chi connectivity index (χ1v) is 7.61. The van der Waals surface area contributed by atoms with Gasteiger partial charge in [-0.1, -0.05) is 0 Å². The second-order valence-corrected chi connectivity index (χ2v) is 5.81. The standard InChI is InChI=1S/C16H18N4O2/c1-22-15-13(7-11-3-2-4-14(11)18-15)16(21)19-5-6-20-10-17-8-12(20)9-19/h7-8,10H,2-6,9H2,1H3. The van der Waals surface area contributed by atoms with Crippen LogP contribution in [-0.4, -0.2) is 39.0 Å². The second kappa shape index (κ2) is 5.12. The van der Waals surface area contributed by atoms with Crippen LogP contribution in [0.5, 0.6) is 5.88 Å². The number of aryl methyl sites for hydroxylation is 2. The number of ether oxygens (including phenoxy) is 1. The summed E-state index contributed by atoms with van der Waals surface area (Å²) in [5.41, 5.74) is 3.90. The molecule has 4 rings (SSSR count). The Morgan fingerprint density at radius 1 is 1.32 bits per heavy atom. The number of aromatic nitrogens is 3. The van der Waals surface area contributed by atoms with Crippen LogP contribution in [-0.2, 0) is 25.9 Å². The van der Waals surface area contributed by atoms with E-state index in [-0.39, 0.29) is 5.91 Å². The molecule has 1 amide bonds. The Morgan fingerprint density at radius 2 is 2.23 bits per heavy atom. The number of carbonyl (C=O) groups excluding carboxylic acids is 1. The number of carbonyl (C=O) groups is 1. The molecule has 0 fully saturated rings. The van der Waals surface area contributed by atoms with E-state index in [1.54, 1.807) is 7.11 Å². The van der Waals surface area contributed by atoms with E-state index in [1.165, 1.54) is 5.56 Å². The Hall–Kier alpha value is -2.37. The molecule has 2 aliphatic rings. The molecule has 114 valence electrons. The number of methoxy groups -OCH3 is 1. The third-order valence-corrected chi connectivity index (χ3v) is 4.49. The fourth-order valence-corrected chi connectivity index (χ4v) is 3.29. The van der Waals surface area contributed by atoms with Crippen LogP contribution in [0, 0.1) is 0 Å². The van der Waals surface area contributed by atoms with Gasteiger partial charge in [-0.2, -0.15) is 0 Å². The monoisotopic (exact) mass is 298 g/mol. The summed E-state index contributed by atoms with van der Waals surface area (Å²) in [7, 11) is 1.58. The summed E-state index contributed by atoms with van der Waals surface area (Å²) in [6.07, 6.45) is 6.71. The third kappa shape index (κ3) is 2.06. The number of fused-ring (bicyclic) bond motifs is 2. The number of hydrogen-bond acceptors (Lipinski definition) is 4. The zero-order chi connectivity index (χ0) is 15.1. The highest BCUT2D eigenvalue weighted by molar-refractivity contribution is 5.96. The highest BCUT2D eigenvalue weighted by Gasteiger charge is 2.27. The summed E-state index contributed by atoms with van der Waals surface area (Å²) in [6.45, 7) is 2.04. The Morgan fingerprint density at radius 3 is 3.09 bits per heavy atom. The zero-order valence-corrected chi connectivity index (χ0v) is 12.6. The van der Waals surface area contributed by atoms with Crippen molar-refractivity contribution in [1.82, 2.24) is 19.4 Å². The largest absolute Gasteiger partial charge is 0.480 e. The Balaban J connectivity index is 1.66. The molecule has 0 unspecified atom stereocenters. The number of nitrogens with zero attached hydrogens (tertiary/aromatic N) is 4. The van der Waals surface area contributed by atoms with E-state index in [1.807, 2.05) is 23.5 Å². The lowest BCUT2D eigenvalue weighted by molar-refractivity contribution is 0.0707. The molecule has 0 aromatic carbocycles. The van der Waals surface area contributed by atoms with Crippen LogP contribution in [0.15, 0.2) is 18.6 Å². The van der Waals surface area contributed by atoms with Crippen molar-refractivity contribution in [3.8, 4) is 5.88 Å². The van der Waals surface area contributed by atoms with Gasteiger partial charge in [0.1, 0.15) is 5.56 Å². The molecule has 6 nitrogen and oxygen atoms in total. The summed E-state index contributed by atoms with van der Waals surface area (Å²) in [5.74, 6) is 0.441. The van der Waals surface area contributed by atoms with Crippen molar-refractivity contribution in [2.24, 2.45) is 0 Å². The maximum absolute atomic E-state index is 12.9. The number of amides is 1. The SMILES string of the molecule is COc1nc2c(cc1C(=O)N1CCn3cncc3C1)CCC2. The van der Waals surface area contributed by atoms with E-state index in [0.29, 0.717) is 24.5 Å². The van der Waals surface area contributed by atoms with Crippen LogP contribution < -0.4 is 4.74 Å². The molecule has 0 radical (unpaired) electrons. The van der Waals surface area contributed by atoms with Gasteiger partial charge in [-0.25, -0.2) is 9.97 Å². The first kappa shape index (κ1) is 13.3. The van der Waals surface area contributed by atoms with Gasteiger partial charge in [-0.15, -0.1) is 0 Å². The van der Waals surface area contributed by atoms with Gasteiger partial charge >= 0.3 is 0 Å². The van der Waals surface area contributed by atoms with Crippen LogP contribution in [0.3, 0.4) is 0 Å². The molecule has 2 aromatic rings. The van der Waals surface area contributed by atoms with Gasteiger partial charge in [-0.3, -0.25) is 4.79 Å². The number of hydrogen-bond donors (Lipinski definition) is 0. The van der Waals surface area contributed by atoms with Crippen molar-refractivity contribution in [1.29, 1.82) is 0 Å². The fourth-order valence-electron chi connectivity index (χ4n) is 3.29. The van der Waals surface area contributed by atoms with Crippen molar-refractivity contribution in [3.63, 3.8) is 0 Å². The van der Waals surface area contributed by atoms with Crippen molar-refractivity contribution < 1.29 is 9.53 Å².